The normalized spacial score (nSPS) is 13.5. The lowest BCUT2D eigenvalue weighted by molar-refractivity contribution is 0.745. The van der Waals surface area contributed by atoms with E-state index in [1.165, 1.54) is 32.3 Å². The molecular weight excluding hydrogens is 809 g/mol. The molecule has 310 valence electrons. The molecule has 12 rings (SSSR count). The Morgan fingerprint density at radius 2 is 0.758 bits per heavy atom. The number of rotatable bonds is 8. The quantitative estimate of drug-likeness (QED) is 0.151. The van der Waals surface area contributed by atoms with Crippen LogP contribution in [-0.2, 0) is 0 Å². The lowest BCUT2D eigenvalue weighted by Gasteiger charge is -2.20. The van der Waals surface area contributed by atoms with Crippen molar-refractivity contribution in [1.82, 2.24) is 40.2 Å². The number of dihydropyridines is 1. The number of pyridine rings is 7. The molecule has 4 aromatic carbocycles. The highest BCUT2D eigenvalue weighted by molar-refractivity contribution is 6.26. The molecule has 0 spiro atoms. The van der Waals surface area contributed by atoms with Crippen LogP contribution in [0.3, 0.4) is 0 Å². The SMILES string of the molecule is C1=CC(c2ccc(-c3ccc(-c4ccccn4)nc3)nc2)NC=C1c1ccc2c3ccccc3c3ccc(-c4ccc(-c5ccc(-c6ccc(-c7ccccn7)nc6)nc5)nc4)cc3c2c1. The van der Waals surface area contributed by atoms with E-state index in [4.69, 9.17) is 15.0 Å². The van der Waals surface area contributed by atoms with Crippen LogP contribution >= 0.6 is 0 Å². The molecule has 0 aliphatic carbocycles. The fraction of sp³-hybridized carbons (Fsp3) is 0.0172. The minimum Gasteiger partial charge on any atom is -0.380 e. The summed E-state index contributed by atoms with van der Waals surface area (Å²) in [5, 5.41) is 11.0. The van der Waals surface area contributed by atoms with Crippen molar-refractivity contribution < 1.29 is 0 Å². The third kappa shape index (κ3) is 7.32. The topological polar surface area (TPSA) is 102 Å². The van der Waals surface area contributed by atoms with Gasteiger partial charge in [0, 0.05) is 71.8 Å². The number of nitrogens with one attached hydrogen (secondary N) is 1. The van der Waals surface area contributed by atoms with Gasteiger partial charge in [0.15, 0.2) is 0 Å². The van der Waals surface area contributed by atoms with Gasteiger partial charge in [0.05, 0.1) is 45.9 Å². The van der Waals surface area contributed by atoms with E-state index in [0.717, 1.165) is 84.4 Å². The van der Waals surface area contributed by atoms with Gasteiger partial charge in [-0.3, -0.25) is 34.9 Å². The van der Waals surface area contributed by atoms with Gasteiger partial charge in [-0.1, -0.05) is 84.9 Å². The summed E-state index contributed by atoms with van der Waals surface area (Å²) in [5.74, 6) is 0. The molecular formula is C58H38N8. The number of hydrogen-bond donors (Lipinski definition) is 1. The standard InChI is InChI=1S/C58H38N8/c1-2-8-46-45(7-1)47-19-11-37(39-13-21-51(61-31-39)41-15-23-53(63-33-41)43-17-25-57(65-35-43)55-9-3-5-27-59-55)29-49(47)50-30-38(12-20-48(46)50)40-14-22-52(62-32-40)42-16-24-54(64-34-42)44-18-26-58(66-36-44)56-10-4-6-28-60-56/h1-36,51,61H. The maximum Gasteiger partial charge on any atom is 0.0886 e. The smallest absolute Gasteiger partial charge is 0.0886 e. The number of fused-ring (bicyclic) bond motifs is 6. The molecule has 8 nitrogen and oxygen atoms in total. The van der Waals surface area contributed by atoms with E-state index in [0.29, 0.717) is 0 Å². The van der Waals surface area contributed by atoms with Crippen molar-refractivity contribution in [2.75, 3.05) is 0 Å². The Labute approximate surface area is 380 Å². The molecule has 66 heavy (non-hydrogen) atoms. The first kappa shape index (κ1) is 38.6. The van der Waals surface area contributed by atoms with Gasteiger partial charge in [0.1, 0.15) is 0 Å². The second-order valence-electron chi connectivity index (χ2n) is 16.3. The van der Waals surface area contributed by atoms with Crippen molar-refractivity contribution in [2.45, 2.75) is 6.04 Å². The molecule has 0 amide bonds. The number of benzene rings is 4. The first-order chi connectivity index (χ1) is 32.7. The molecule has 1 unspecified atom stereocenters. The summed E-state index contributed by atoms with van der Waals surface area (Å²) in [7, 11) is 0. The Balaban J connectivity index is 0.790. The van der Waals surface area contributed by atoms with Crippen LogP contribution in [0, 0.1) is 0 Å². The number of hydrogen-bond acceptors (Lipinski definition) is 8. The van der Waals surface area contributed by atoms with E-state index in [1.807, 2.05) is 97.7 Å². The Hall–Kier alpha value is -9.01. The molecule has 0 bridgehead atoms. The Bertz CT molecular complexity index is 3610. The van der Waals surface area contributed by atoms with Crippen LogP contribution in [0.5, 0.6) is 0 Å². The maximum atomic E-state index is 4.91. The van der Waals surface area contributed by atoms with Crippen LogP contribution in [0.1, 0.15) is 17.2 Å². The number of nitrogens with zero attached hydrogens (tertiary/aromatic N) is 7. The van der Waals surface area contributed by atoms with Gasteiger partial charge in [-0.05, 0) is 140 Å². The largest absolute Gasteiger partial charge is 0.380 e. The second kappa shape index (κ2) is 16.6. The number of aromatic nitrogens is 7. The van der Waals surface area contributed by atoms with Gasteiger partial charge < -0.3 is 5.32 Å². The van der Waals surface area contributed by atoms with Crippen LogP contribution in [0.15, 0.2) is 219 Å². The average Bonchev–Trinajstić information content (AvgIpc) is 3.41. The Morgan fingerprint density at radius 3 is 1.23 bits per heavy atom. The third-order valence-corrected chi connectivity index (χ3v) is 12.3. The molecule has 1 aliphatic rings. The van der Waals surface area contributed by atoms with E-state index in [1.54, 1.807) is 12.4 Å². The lowest BCUT2D eigenvalue weighted by atomic mass is 9.90. The summed E-state index contributed by atoms with van der Waals surface area (Å²) >= 11 is 0. The molecule has 7 aromatic heterocycles. The summed E-state index contributed by atoms with van der Waals surface area (Å²) in [6.07, 6.45) is 19.6. The fourth-order valence-corrected chi connectivity index (χ4v) is 8.82. The van der Waals surface area contributed by atoms with Gasteiger partial charge in [-0.25, -0.2) is 0 Å². The lowest BCUT2D eigenvalue weighted by Crippen LogP contribution is -2.16. The van der Waals surface area contributed by atoms with E-state index in [-0.39, 0.29) is 6.04 Å². The van der Waals surface area contributed by atoms with Crippen molar-refractivity contribution in [3.8, 4) is 67.7 Å². The van der Waals surface area contributed by atoms with Crippen molar-refractivity contribution in [3.05, 3.63) is 231 Å². The van der Waals surface area contributed by atoms with Crippen LogP contribution in [0.25, 0.3) is 106 Å². The van der Waals surface area contributed by atoms with E-state index < -0.39 is 0 Å². The maximum absolute atomic E-state index is 4.91. The number of allylic oxidation sites excluding steroid dienone is 2. The Morgan fingerprint density at radius 1 is 0.318 bits per heavy atom. The molecule has 1 aliphatic heterocycles. The zero-order chi connectivity index (χ0) is 43.8. The first-order valence-electron chi connectivity index (χ1n) is 21.9. The minimum absolute atomic E-state index is 0.00234. The van der Waals surface area contributed by atoms with Crippen LogP contribution in [-0.4, -0.2) is 34.9 Å². The zero-order valence-corrected chi connectivity index (χ0v) is 35.5. The van der Waals surface area contributed by atoms with Gasteiger partial charge in [0.25, 0.3) is 0 Å². The van der Waals surface area contributed by atoms with Gasteiger partial charge >= 0.3 is 0 Å². The van der Waals surface area contributed by atoms with Gasteiger partial charge in [-0.15, -0.1) is 0 Å². The molecule has 11 aromatic rings. The van der Waals surface area contributed by atoms with Crippen LogP contribution in [0.4, 0.5) is 0 Å². The highest BCUT2D eigenvalue weighted by Gasteiger charge is 2.16. The summed E-state index contributed by atoms with van der Waals surface area (Å²) in [6, 6.07) is 54.5. The summed E-state index contributed by atoms with van der Waals surface area (Å²) < 4.78 is 0. The van der Waals surface area contributed by atoms with Crippen molar-refractivity contribution in [1.29, 1.82) is 0 Å². The Kier molecular flexibility index (Phi) is 9.72. The van der Waals surface area contributed by atoms with Crippen LogP contribution < -0.4 is 5.32 Å². The highest BCUT2D eigenvalue weighted by Crippen LogP contribution is 2.39. The van der Waals surface area contributed by atoms with Crippen molar-refractivity contribution >= 4 is 37.9 Å². The predicted octanol–water partition coefficient (Wildman–Crippen LogP) is 13.2. The third-order valence-electron chi connectivity index (χ3n) is 12.3. The summed E-state index contributed by atoms with van der Waals surface area (Å²) in [6.45, 7) is 0. The monoisotopic (exact) mass is 846 g/mol. The second-order valence-corrected chi connectivity index (χ2v) is 16.3. The molecule has 0 fully saturated rings. The van der Waals surface area contributed by atoms with E-state index in [9.17, 15) is 0 Å². The molecule has 1 N–H and O–H groups in total. The summed E-state index contributed by atoms with van der Waals surface area (Å²) in [4.78, 5) is 32.5. The predicted molar refractivity (Wildman–Crippen MR) is 266 cm³/mol. The minimum atomic E-state index is 0.00234. The van der Waals surface area contributed by atoms with Gasteiger partial charge in [-0.2, -0.15) is 0 Å². The molecule has 0 radical (unpaired) electrons. The van der Waals surface area contributed by atoms with Crippen molar-refractivity contribution in [2.24, 2.45) is 0 Å². The van der Waals surface area contributed by atoms with Crippen LogP contribution in [0.2, 0.25) is 0 Å². The van der Waals surface area contributed by atoms with Gasteiger partial charge in [0.2, 0.25) is 0 Å². The first-order valence-corrected chi connectivity index (χ1v) is 21.9. The fourth-order valence-electron chi connectivity index (χ4n) is 8.82. The van der Waals surface area contributed by atoms with E-state index in [2.05, 4.69) is 135 Å². The highest BCUT2D eigenvalue weighted by atomic mass is 14.9. The molecule has 1 atom stereocenters. The van der Waals surface area contributed by atoms with E-state index >= 15 is 0 Å². The van der Waals surface area contributed by atoms with Crippen molar-refractivity contribution in [3.63, 3.8) is 0 Å². The molecule has 0 saturated carbocycles. The molecule has 8 heterocycles. The summed E-state index contributed by atoms with van der Waals surface area (Å²) in [5.41, 5.74) is 14.3. The molecule has 0 saturated heterocycles. The average molecular weight is 847 g/mol. The zero-order valence-electron chi connectivity index (χ0n) is 35.5. The molecule has 8 heteroatoms.